The molecule has 0 saturated heterocycles. The van der Waals surface area contributed by atoms with Crippen LogP contribution in [-0.4, -0.2) is 28.2 Å². The molecule has 0 aliphatic heterocycles. The van der Waals surface area contributed by atoms with Crippen LogP contribution < -0.4 is 5.32 Å². The van der Waals surface area contributed by atoms with E-state index >= 15 is 0 Å². The number of aliphatic hydroxyl groups is 1. The Morgan fingerprint density at radius 1 is 1.67 bits per heavy atom. The Kier molecular flexibility index (Phi) is 4.44. The molecule has 1 rings (SSSR count). The number of aromatic nitrogens is 1. The highest BCUT2D eigenvalue weighted by atomic mass is 79.9. The Labute approximate surface area is 94.6 Å². The smallest absolute Gasteiger partial charge is 0.312 e. The Bertz CT molecular complexity index is 359. The lowest BCUT2D eigenvalue weighted by Gasteiger charge is -2.04. The van der Waals surface area contributed by atoms with Gasteiger partial charge in [-0.1, -0.05) is 0 Å². The highest BCUT2D eigenvalue weighted by molar-refractivity contribution is 9.10. The Balaban J connectivity index is 2.81. The molecule has 0 aromatic carbocycles. The van der Waals surface area contributed by atoms with Crippen LogP contribution in [0.25, 0.3) is 0 Å². The summed E-state index contributed by atoms with van der Waals surface area (Å²) in [5.41, 5.74) is -0.0812. The number of pyridine rings is 1. The number of anilines is 1. The summed E-state index contributed by atoms with van der Waals surface area (Å²) in [6, 6.07) is 1.38. The van der Waals surface area contributed by atoms with Crippen molar-refractivity contribution in [3.8, 4) is 0 Å². The van der Waals surface area contributed by atoms with Gasteiger partial charge in [0.2, 0.25) is 5.82 Å². The van der Waals surface area contributed by atoms with E-state index in [4.69, 9.17) is 5.11 Å². The van der Waals surface area contributed by atoms with Gasteiger partial charge in [0, 0.05) is 29.9 Å². The van der Waals surface area contributed by atoms with Crippen LogP contribution in [0.3, 0.4) is 0 Å². The van der Waals surface area contributed by atoms with Gasteiger partial charge in [-0.25, -0.2) is 4.98 Å². The zero-order valence-corrected chi connectivity index (χ0v) is 9.40. The van der Waals surface area contributed by atoms with Crippen LogP contribution in [0.2, 0.25) is 0 Å². The summed E-state index contributed by atoms with van der Waals surface area (Å²) >= 11 is 3.11. The summed E-state index contributed by atoms with van der Waals surface area (Å²) in [6.07, 6.45) is 2.00. The molecule has 0 fully saturated rings. The van der Waals surface area contributed by atoms with E-state index in [-0.39, 0.29) is 18.1 Å². The Morgan fingerprint density at radius 3 is 3.00 bits per heavy atom. The molecule has 0 aliphatic rings. The van der Waals surface area contributed by atoms with Crippen molar-refractivity contribution in [3.05, 3.63) is 26.9 Å². The fraction of sp³-hybridized carbons (Fsp3) is 0.375. The predicted octanol–water partition coefficient (Wildman–Crippen LogP) is 1.55. The third-order valence-electron chi connectivity index (χ3n) is 1.66. The van der Waals surface area contributed by atoms with Crippen LogP contribution >= 0.6 is 15.9 Å². The molecule has 1 aromatic heterocycles. The molecule has 0 aliphatic carbocycles. The first-order chi connectivity index (χ1) is 7.15. The third-order valence-corrected chi connectivity index (χ3v) is 2.09. The van der Waals surface area contributed by atoms with Gasteiger partial charge in [-0.05, 0) is 22.4 Å². The predicted molar refractivity (Wildman–Crippen MR) is 58.8 cm³/mol. The molecule has 0 spiro atoms. The second kappa shape index (κ2) is 5.62. The minimum absolute atomic E-state index is 0.0390. The third kappa shape index (κ3) is 3.45. The molecule has 0 bridgehead atoms. The molecule has 82 valence electrons. The van der Waals surface area contributed by atoms with Crippen molar-refractivity contribution in [2.75, 3.05) is 18.5 Å². The monoisotopic (exact) mass is 275 g/mol. The SMILES string of the molecule is O=[N+]([O-])c1cc(Br)cnc1NCCCO. The van der Waals surface area contributed by atoms with E-state index in [0.29, 0.717) is 17.4 Å². The van der Waals surface area contributed by atoms with E-state index in [2.05, 4.69) is 26.2 Å². The second-order valence-corrected chi connectivity index (χ2v) is 3.70. The molecule has 2 N–H and O–H groups in total. The molecule has 0 radical (unpaired) electrons. The van der Waals surface area contributed by atoms with Crippen molar-refractivity contribution in [1.29, 1.82) is 0 Å². The number of hydrogen-bond acceptors (Lipinski definition) is 5. The van der Waals surface area contributed by atoms with Crippen LogP contribution in [0.1, 0.15) is 6.42 Å². The van der Waals surface area contributed by atoms with Crippen molar-refractivity contribution in [3.63, 3.8) is 0 Å². The summed E-state index contributed by atoms with van der Waals surface area (Å²) in [5, 5.41) is 22.0. The Morgan fingerprint density at radius 2 is 2.40 bits per heavy atom. The van der Waals surface area contributed by atoms with Gasteiger partial charge in [0.05, 0.1) is 4.92 Å². The number of rotatable bonds is 5. The second-order valence-electron chi connectivity index (χ2n) is 2.78. The molecule has 7 heteroatoms. The van der Waals surface area contributed by atoms with Gasteiger partial charge in [0.15, 0.2) is 0 Å². The molecule has 0 atom stereocenters. The summed E-state index contributed by atoms with van der Waals surface area (Å²) in [7, 11) is 0. The molecule has 1 aromatic rings. The van der Waals surface area contributed by atoms with Crippen molar-refractivity contribution >= 4 is 27.4 Å². The summed E-state index contributed by atoms with van der Waals surface area (Å²) in [5.74, 6) is 0.219. The lowest BCUT2D eigenvalue weighted by molar-refractivity contribution is -0.384. The normalized spacial score (nSPS) is 10.0. The van der Waals surface area contributed by atoms with Gasteiger partial charge in [-0.2, -0.15) is 0 Å². The fourth-order valence-corrected chi connectivity index (χ4v) is 1.31. The molecular weight excluding hydrogens is 266 g/mol. The molecule has 6 nitrogen and oxygen atoms in total. The van der Waals surface area contributed by atoms with Crippen LogP contribution in [0.4, 0.5) is 11.5 Å². The van der Waals surface area contributed by atoms with Crippen molar-refractivity contribution in [2.24, 2.45) is 0 Å². The molecule has 0 unspecified atom stereocenters. The van der Waals surface area contributed by atoms with Gasteiger partial charge in [0.25, 0.3) is 0 Å². The van der Waals surface area contributed by atoms with Crippen LogP contribution in [0, 0.1) is 10.1 Å². The van der Waals surface area contributed by atoms with Gasteiger partial charge in [0.1, 0.15) is 0 Å². The van der Waals surface area contributed by atoms with E-state index < -0.39 is 4.92 Å². The number of nitro groups is 1. The molecule has 0 saturated carbocycles. The average Bonchev–Trinajstić information content (AvgIpc) is 2.20. The van der Waals surface area contributed by atoms with Gasteiger partial charge >= 0.3 is 5.69 Å². The van der Waals surface area contributed by atoms with E-state index in [1.54, 1.807) is 0 Å². The minimum Gasteiger partial charge on any atom is -0.396 e. The van der Waals surface area contributed by atoms with Gasteiger partial charge in [-0.15, -0.1) is 0 Å². The maximum absolute atomic E-state index is 10.7. The molecule has 0 amide bonds. The Hall–Kier alpha value is -1.21. The standard InChI is InChI=1S/C8H10BrN3O3/c9-6-4-7(12(14)15)8(11-5-6)10-2-1-3-13/h4-5,13H,1-3H2,(H,10,11). The summed E-state index contributed by atoms with van der Waals surface area (Å²) < 4.78 is 0.557. The summed E-state index contributed by atoms with van der Waals surface area (Å²) in [6.45, 7) is 0.489. The first-order valence-electron chi connectivity index (χ1n) is 4.30. The van der Waals surface area contributed by atoms with Gasteiger partial charge in [-0.3, -0.25) is 10.1 Å². The van der Waals surface area contributed by atoms with Crippen molar-refractivity contribution < 1.29 is 10.0 Å². The quantitative estimate of drug-likeness (QED) is 0.484. The van der Waals surface area contributed by atoms with E-state index in [1.807, 2.05) is 0 Å². The lowest BCUT2D eigenvalue weighted by atomic mass is 10.3. The topological polar surface area (TPSA) is 88.3 Å². The number of halogens is 1. The first-order valence-corrected chi connectivity index (χ1v) is 5.09. The van der Waals surface area contributed by atoms with E-state index in [9.17, 15) is 10.1 Å². The number of nitrogens with one attached hydrogen (secondary N) is 1. The van der Waals surface area contributed by atoms with E-state index in [0.717, 1.165) is 0 Å². The maximum Gasteiger partial charge on any atom is 0.312 e. The highest BCUT2D eigenvalue weighted by Gasteiger charge is 2.14. The number of nitrogens with zero attached hydrogens (tertiary/aromatic N) is 2. The average molecular weight is 276 g/mol. The fourth-order valence-electron chi connectivity index (χ4n) is 0.990. The minimum atomic E-state index is -0.501. The molecule has 15 heavy (non-hydrogen) atoms. The van der Waals surface area contributed by atoms with Gasteiger partial charge < -0.3 is 10.4 Å². The van der Waals surface area contributed by atoms with Crippen LogP contribution in [0.15, 0.2) is 16.7 Å². The number of aliphatic hydroxyl groups excluding tert-OH is 1. The lowest BCUT2D eigenvalue weighted by Crippen LogP contribution is -2.07. The summed E-state index contributed by atoms with van der Waals surface area (Å²) in [4.78, 5) is 14.1. The zero-order chi connectivity index (χ0) is 11.3. The maximum atomic E-state index is 10.7. The highest BCUT2D eigenvalue weighted by Crippen LogP contribution is 2.24. The molecular formula is C8H10BrN3O3. The van der Waals surface area contributed by atoms with Crippen molar-refractivity contribution in [1.82, 2.24) is 4.98 Å². The first kappa shape index (κ1) is 11.9. The largest absolute Gasteiger partial charge is 0.396 e. The zero-order valence-electron chi connectivity index (χ0n) is 7.81. The van der Waals surface area contributed by atoms with Crippen molar-refractivity contribution in [2.45, 2.75) is 6.42 Å². The van der Waals surface area contributed by atoms with Crippen LogP contribution in [0.5, 0.6) is 0 Å². The van der Waals surface area contributed by atoms with Crippen LogP contribution in [-0.2, 0) is 0 Å². The number of hydrogen-bond donors (Lipinski definition) is 2. The molecule has 1 heterocycles. The van der Waals surface area contributed by atoms with E-state index in [1.165, 1.54) is 12.3 Å².